The molecule has 0 bridgehead atoms. The molecule has 12 rings (SSSR count). The van der Waals surface area contributed by atoms with Gasteiger partial charge in [0.05, 0.1) is 22.5 Å². The topological polar surface area (TPSA) is 55.3 Å². The molecular weight excluding hydrogens is 771 g/mol. The summed E-state index contributed by atoms with van der Waals surface area (Å²) in [5.74, 6) is 0.684. The lowest BCUT2D eigenvalue weighted by Crippen LogP contribution is -2.10. The van der Waals surface area contributed by atoms with E-state index in [9.17, 15) is 0 Å². The molecular formula is C58H37N3O2. The van der Waals surface area contributed by atoms with E-state index < -0.39 is 0 Å². The van der Waals surface area contributed by atoms with Gasteiger partial charge in [0.2, 0.25) is 0 Å². The second-order valence-electron chi connectivity index (χ2n) is 15.7. The van der Waals surface area contributed by atoms with E-state index in [1.54, 1.807) is 0 Å². The van der Waals surface area contributed by atoms with E-state index in [-0.39, 0.29) is 0 Å². The summed E-state index contributed by atoms with van der Waals surface area (Å²) in [6, 6.07) is 77.9. The number of aromatic nitrogens is 2. The Morgan fingerprint density at radius 1 is 0.333 bits per heavy atom. The summed E-state index contributed by atoms with van der Waals surface area (Å²) < 4.78 is 13.0. The molecule has 3 aromatic heterocycles. The van der Waals surface area contributed by atoms with Crippen LogP contribution >= 0.6 is 0 Å². The quantitative estimate of drug-likeness (QED) is 0.153. The highest BCUT2D eigenvalue weighted by atomic mass is 16.3. The van der Waals surface area contributed by atoms with Gasteiger partial charge in [-0.05, 0) is 77.4 Å². The molecule has 3 heterocycles. The zero-order valence-electron chi connectivity index (χ0n) is 34.0. The minimum atomic E-state index is 0.684. The Bertz CT molecular complexity index is 3540. The third kappa shape index (κ3) is 6.51. The standard InChI is InChI=1S/C58H37N3O2/c1-4-14-40(15-5-1)50-37-51(41-16-6-2-7-17-41)60-58(59-50)42-28-26-38(27-29-42)43-32-35-54-49(36-43)56-52(23-13-25-55(56)62-54)61(44-18-8-3-9-19-44)45-33-30-39(31-34-45)46-21-12-22-48-47-20-10-11-24-53(47)63-57(46)48/h1-37H. The lowest BCUT2D eigenvalue weighted by molar-refractivity contribution is 0.669. The Balaban J connectivity index is 0.930. The summed E-state index contributed by atoms with van der Waals surface area (Å²) in [6.07, 6.45) is 0. The van der Waals surface area contributed by atoms with Crippen LogP contribution in [0.25, 0.3) is 100 Å². The molecule has 0 aliphatic rings. The average molecular weight is 808 g/mol. The summed E-state index contributed by atoms with van der Waals surface area (Å²) >= 11 is 0. The molecule has 0 saturated heterocycles. The van der Waals surface area contributed by atoms with Crippen LogP contribution in [0.2, 0.25) is 0 Å². The van der Waals surface area contributed by atoms with Crippen LogP contribution in [0, 0.1) is 0 Å². The summed E-state index contributed by atoms with van der Waals surface area (Å²) in [5, 5.41) is 4.33. The van der Waals surface area contributed by atoms with Crippen LogP contribution < -0.4 is 4.90 Å². The number of rotatable bonds is 8. The molecule has 0 saturated carbocycles. The van der Waals surface area contributed by atoms with Crippen molar-refractivity contribution in [2.45, 2.75) is 0 Å². The molecule has 0 aliphatic heterocycles. The highest BCUT2D eigenvalue weighted by Crippen LogP contribution is 2.45. The van der Waals surface area contributed by atoms with E-state index >= 15 is 0 Å². The van der Waals surface area contributed by atoms with Gasteiger partial charge in [-0.3, -0.25) is 0 Å². The normalized spacial score (nSPS) is 11.5. The highest BCUT2D eigenvalue weighted by molar-refractivity contribution is 6.14. The van der Waals surface area contributed by atoms with Gasteiger partial charge in [0.15, 0.2) is 5.82 Å². The molecule has 0 unspecified atom stereocenters. The summed E-state index contributed by atoms with van der Waals surface area (Å²) in [5.41, 5.74) is 15.7. The van der Waals surface area contributed by atoms with Crippen LogP contribution in [0.3, 0.4) is 0 Å². The number of furan rings is 2. The third-order valence-corrected chi connectivity index (χ3v) is 11.9. The first-order chi connectivity index (χ1) is 31.2. The highest BCUT2D eigenvalue weighted by Gasteiger charge is 2.21. The van der Waals surface area contributed by atoms with Gasteiger partial charge < -0.3 is 13.7 Å². The zero-order chi connectivity index (χ0) is 41.7. The lowest BCUT2D eigenvalue weighted by Gasteiger charge is -2.26. The SMILES string of the molecule is c1ccc(-c2cc(-c3ccccc3)nc(-c3ccc(-c4ccc5oc6cccc(N(c7ccccc7)c7ccc(-c8cccc9c8oc8ccccc89)cc7)c6c5c4)cc3)n2)cc1. The van der Waals surface area contributed by atoms with Crippen LogP contribution in [0.1, 0.15) is 0 Å². The minimum Gasteiger partial charge on any atom is -0.456 e. The fourth-order valence-corrected chi connectivity index (χ4v) is 8.84. The Kier molecular flexibility index (Phi) is 8.75. The molecule has 0 spiro atoms. The monoisotopic (exact) mass is 807 g/mol. The summed E-state index contributed by atoms with van der Waals surface area (Å²) in [4.78, 5) is 12.4. The van der Waals surface area contributed by atoms with Crippen molar-refractivity contribution in [2.75, 3.05) is 4.90 Å². The maximum atomic E-state index is 6.57. The number of nitrogens with zero attached hydrogens (tertiary/aromatic N) is 3. The van der Waals surface area contributed by atoms with Crippen LogP contribution in [0.5, 0.6) is 0 Å². The van der Waals surface area contributed by atoms with Gasteiger partial charge in [-0.25, -0.2) is 9.97 Å². The number of hydrogen-bond donors (Lipinski definition) is 0. The molecule has 5 nitrogen and oxygen atoms in total. The van der Waals surface area contributed by atoms with E-state index in [0.29, 0.717) is 5.82 Å². The Morgan fingerprint density at radius 3 is 1.62 bits per heavy atom. The second-order valence-corrected chi connectivity index (χ2v) is 15.7. The molecule has 0 N–H and O–H groups in total. The molecule has 296 valence electrons. The van der Waals surface area contributed by atoms with E-state index in [4.69, 9.17) is 18.8 Å². The molecule has 0 fully saturated rings. The maximum absolute atomic E-state index is 6.57. The Labute approximate surface area is 363 Å². The van der Waals surface area contributed by atoms with Gasteiger partial charge in [-0.15, -0.1) is 0 Å². The molecule has 5 heteroatoms. The number of benzene rings is 9. The first-order valence-electron chi connectivity index (χ1n) is 21.1. The Hall–Kier alpha value is -8.54. The van der Waals surface area contributed by atoms with Crippen molar-refractivity contribution in [1.29, 1.82) is 0 Å². The van der Waals surface area contributed by atoms with E-state index in [0.717, 1.165) is 111 Å². The molecule has 9 aromatic carbocycles. The minimum absolute atomic E-state index is 0.684. The van der Waals surface area contributed by atoms with Crippen molar-refractivity contribution in [3.05, 3.63) is 224 Å². The van der Waals surface area contributed by atoms with Gasteiger partial charge in [-0.1, -0.05) is 164 Å². The lowest BCUT2D eigenvalue weighted by atomic mass is 10.00. The van der Waals surface area contributed by atoms with Crippen LogP contribution in [0.15, 0.2) is 233 Å². The smallest absolute Gasteiger partial charge is 0.160 e. The maximum Gasteiger partial charge on any atom is 0.160 e. The molecule has 0 radical (unpaired) electrons. The van der Waals surface area contributed by atoms with Gasteiger partial charge in [0.25, 0.3) is 0 Å². The molecule has 0 atom stereocenters. The van der Waals surface area contributed by atoms with Crippen LogP contribution in [-0.4, -0.2) is 9.97 Å². The van der Waals surface area contributed by atoms with Crippen molar-refractivity contribution in [3.8, 4) is 56.2 Å². The Morgan fingerprint density at radius 2 is 0.889 bits per heavy atom. The fraction of sp³-hybridized carbons (Fsp3) is 0. The predicted molar refractivity (Wildman–Crippen MR) is 258 cm³/mol. The van der Waals surface area contributed by atoms with Gasteiger partial charge in [0, 0.05) is 49.8 Å². The molecule has 63 heavy (non-hydrogen) atoms. The van der Waals surface area contributed by atoms with Gasteiger partial charge >= 0.3 is 0 Å². The van der Waals surface area contributed by atoms with E-state index in [2.05, 4.69) is 181 Å². The van der Waals surface area contributed by atoms with Crippen molar-refractivity contribution in [3.63, 3.8) is 0 Å². The molecule has 12 aromatic rings. The number of hydrogen-bond acceptors (Lipinski definition) is 5. The van der Waals surface area contributed by atoms with Gasteiger partial charge in [-0.2, -0.15) is 0 Å². The average Bonchev–Trinajstić information content (AvgIpc) is 3.94. The van der Waals surface area contributed by atoms with Crippen molar-refractivity contribution >= 4 is 60.9 Å². The van der Waals surface area contributed by atoms with Crippen LogP contribution in [0.4, 0.5) is 17.1 Å². The summed E-state index contributed by atoms with van der Waals surface area (Å²) in [7, 11) is 0. The zero-order valence-corrected chi connectivity index (χ0v) is 34.0. The van der Waals surface area contributed by atoms with Crippen LogP contribution in [-0.2, 0) is 0 Å². The first kappa shape index (κ1) is 36.3. The second kappa shape index (κ2) is 15.2. The van der Waals surface area contributed by atoms with Gasteiger partial charge in [0.1, 0.15) is 22.3 Å². The van der Waals surface area contributed by atoms with Crippen molar-refractivity contribution in [1.82, 2.24) is 9.97 Å². The fourth-order valence-electron chi connectivity index (χ4n) is 8.84. The molecule has 0 amide bonds. The molecule has 0 aliphatic carbocycles. The first-order valence-corrected chi connectivity index (χ1v) is 21.1. The van der Waals surface area contributed by atoms with Crippen molar-refractivity contribution in [2.24, 2.45) is 0 Å². The number of para-hydroxylation sites is 3. The number of fused-ring (bicyclic) bond motifs is 6. The summed E-state index contributed by atoms with van der Waals surface area (Å²) in [6.45, 7) is 0. The third-order valence-electron chi connectivity index (χ3n) is 11.9. The van der Waals surface area contributed by atoms with E-state index in [1.165, 1.54) is 0 Å². The van der Waals surface area contributed by atoms with Crippen molar-refractivity contribution < 1.29 is 8.83 Å². The predicted octanol–water partition coefficient (Wildman–Crippen LogP) is 16.1. The largest absolute Gasteiger partial charge is 0.456 e. The number of anilines is 3. The van der Waals surface area contributed by atoms with E-state index in [1.807, 2.05) is 48.5 Å².